The summed E-state index contributed by atoms with van der Waals surface area (Å²) in [4.78, 5) is 29.6. The van der Waals surface area contributed by atoms with Crippen molar-refractivity contribution in [2.24, 2.45) is 0 Å². The molecule has 0 fully saturated rings. The molecule has 0 spiro atoms. The second-order valence-corrected chi connectivity index (χ2v) is 7.96. The molecule has 162 valence electrons. The Morgan fingerprint density at radius 2 is 2.00 bits per heavy atom. The molecule has 0 unspecified atom stereocenters. The molecule has 0 bridgehead atoms. The molecule has 1 heterocycles. The van der Waals surface area contributed by atoms with Crippen LogP contribution in [0.25, 0.3) is 10.8 Å². The lowest BCUT2D eigenvalue weighted by Crippen LogP contribution is -2.39. The molecule has 2 N–H and O–H groups in total. The maximum atomic E-state index is 13.3. The van der Waals surface area contributed by atoms with Crippen LogP contribution in [-0.4, -0.2) is 42.2 Å². The predicted octanol–water partition coefficient (Wildman–Crippen LogP) is 5.18. The summed E-state index contributed by atoms with van der Waals surface area (Å²) in [5, 5.41) is 7.14. The average Bonchev–Trinajstić information content (AvgIpc) is 2.73. The molecule has 3 amide bonds. The zero-order chi connectivity index (χ0) is 22.4. The van der Waals surface area contributed by atoms with Crippen LogP contribution in [-0.2, 0) is 11.3 Å². The summed E-state index contributed by atoms with van der Waals surface area (Å²) in [5.74, 6) is -0.143. The Hall–Kier alpha value is -2.91. The third kappa shape index (κ3) is 6.53. The third-order valence-electron chi connectivity index (χ3n) is 4.36. The van der Waals surface area contributed by atoms with Gasteiger partial charge in [-0.25, -0.2) is 19.0 Å². The first-order chi connectivity index (χ1) is 14.8. The lowest BCUT2D eigenvalue weighted by atomic mass is 10.2. The zero-order valence-electron chi connectivity index (χ0n) is 16.5. The topological polar surface area (TPSA) is 83.6 Å². The molecule has 0 saturated carbocycles. The quantitative estimate of drug-likeness (QED) is 0.480. The first-order valence-electron chi connectivity index (χ1n) is 9.24. The molecule has 31 heavy (non-hydrogen) atoms. The largest absolute Gasteiger partial charge is 0.447 e. The van der Waals surface area contributed by atoms with Gasteiger partial charge in [0.25, 0.3) is 0 Å². The number of nitrogens with zero attached hydrogens (tertiary/aromatic N) is 2. The van der Waals surface area contributed by atoms with Crippen LogP contribution in [0.2, 0.25) is 5.02 Å². The number of hydrogen-bond donors (Lipinski definition) is 2. The van der Waals surface area contributed by atoms with Crippen molar-refractivity contribution in [1.29, 1.82) is 0 Å². The summed E-state index contributed by atoms with van der Waals surface area (Å²) in [7, 11) is 1.58. The molecule has 3 rings (SSSR count). The number of hydrogen-bond acceptors (Lipinski definition) is 4. The first kappa shape index (κ1) is 22.8. The van der Waals surface area contributed by atoms with E-state index in [2.05, 4.69) is 31.5 Å². The smallest absolute Gasteiger partial charge is 0.412 e. The van der Waals surface area contributed by atoms with Gasteiger partial charge in [0.15, 0.2) is 0 Å². The number of benzene rings is 2. The van der Waals surface area contributed by atoms with Crippen LogP contribution >= 0.6 is 27.5 Å². The Bertz CT molecular complexity index is 1120. The van der Waals surface area contributed by atoms with Crippen LogP contribution in [0.15, 0.2) is 53.1 Å². The monoisotopic (exact) mass is 508 g/mol. The number of carbonyl (C=O) groups excluding carboxylic acids is 2. The highest BCUT2D eigenvalue weighted by atomic mass is 79.9. The van der Waals surface area contributed by atoms with Gasteiger partial charge in [0, 0.05) is 34.7 Å². The van der Waals surface area contributed by atoms with Crippen molar-refractivity contribution < 1.29 is 18.7 Å². The summed E-state index contributed by atoms with van der Waals surface area (Å²) in [6.07, 6.45) is 0.804. The van der Waals surface area contributed by atoms with Gasteiger partial charge in [-0.3, -0.25) is 5.32 Å². The lowest BCUT2D eigenvalue weighted by molar-refractivity contribution is 0.146. The number of nitrogens with one attached hydrogen (secondary N) is 2. The third-order valence-corrected chi connectivity index (χ3v) is 5.22. The van der Waals surface area contributed by atoms with E-state index in [9.17, 15) is 14.0 Å². The standard InChI is InChI=1S/C21H19BrClFN4O3/c1-28(20(29)26-12-15-8-16(22)3-5-18(15)23)6-7-31-21(30)27-19-10-14-9-17(24)4-2-13(14)11-25-19/h2-5,8-11H,6-7,12H2,1H3,(H,26,29)(H,25,27,30). The van der Waals surface area contributed by atoms with E-state index in [1.807, 2.05) is 12.1 Å². The maximum Gasteiger partial charge on any atom is 0.412 e. The molecule has 0 saturated heterocycles. The number of halogens is 3. The molecule has 0 atom stereocenters. The Balaban J connectivity index is 1.43. The number of anilines is 1. The lowest BCUT2D eigenvalue weighted by Gasteiger charge is -2.18. The number of carbonyl (C=O) groups is 2. The van der Waals surface area contributed by atoms with Crippen LogP contribution in [0.4, 0.5) is 19.8 Å². The Labute approximate surface area is 191 Å². The minimum atomic E-state index is -0.724. The van der Waals surface area contributed by atoms with Crippen LogP contribution in [0, 0.1) is 5.82 Å². The molecular formula is C21H19BrClFN4O3. The van der Waals surface area contributed by atoms with Crippen molar-refractivity contribution in [3.8, 4) is 0 Å². The second kappa shape index (κ2) is 10.4. The highest BCUT2D eigenvalue weighted by Gasteiger charge is 2.11. The summed E-state index contributed by atoms with van der Waals surface area (Å²) in [6.45, 7) is 0.425. The SMILES string of the molecule is CN(CCOC(=O)Nc1cc2cc(F)ccc2cn1)C(=O)NCc1cc(Br)ccc1Cl. The minimum Gasteiger partial charge on any atom is -0.447 e. The van der Waals surface area contributed by atoms with E-state index in [1.54, 1.807) is 25.2 Å². The number of urea groups is 1. The van der Waals surface area contributed by atoms with Crippen LogP contribution in [0.5, 0.6) is 0 Å². The Morgan fingerprint density at radius 3 is 2.81 bits per heavy atom. The van der Waals surface area contributed by atoms with Crippen molar-refractivity contribution in [3.63, 3.8) is 0 Å². The number of fused-ring (bicyclic) bond motifs is 1. The van der Waals surface area contributed by atoms with E-state index in [1.165, 1.54) is 23.2 Å². The normalized spacial score (nSPS) is 10.6. The van der Waals surface area contributed by atoms with E-state index >= 15 is 0 Å². The molecule has 3 aromatic rings. The second-order valence-electron chi connectivity index (χ2n) is 6.64. The van der Waals surface area contributed by atoms with Crippen LogP contribution < -0.4 is 10.6 Å². The highest BCUT2D eigenvalue weighted by molar-refractivity contribution is 9.10. The van der Waals surface area contributed by atoms with E-state index < -0.39 is 6.09 Å². The number of rotatable bonds is 6. The fourth-order valence-electron chi connectivity index (χ4n) is 2.68. The number of ether oxygens (including phenoxy) is 1. The Morgan fingerprint density at radius 1 is 1.19 bits per heavy atom. The predicted molar refractivity (Wildman–Crippen MR) is 121 cm³/mol. The van der Waals surface area contributed by atoms with E-state index in [0.717, 1.165) is 15.4 Å². The molecule has 0 radical (unpaired) electrons. The number of likely N-dealkylation sites (N-methyl/N-ethyl adjacent to an activating group) is 1. The van der Waals surface area contributed by atoms with Gasteiger partial charge in [-0.2, -0.15) is 0 Å². The Kier molecular flexibility index (Phi) is 7.64. The molecular weight excluding hydrogens is 491 g/mol. The molecule has 7 nitrogen and oxygen atoms in total. The van der Waals surface area contributed by atoms with Crippen molar-refractivity contribution in [1.82, 2.24) is 15.2 Å². The van der Waals surface area contributed by atoms with Crippen molar-refractivity contribution in [3.05, 3.63) is 69.5 Å². The van der Waals surface area contributed by atoms with Gasteiger partial charge in [0.05, 0.1) is 6.54 Å². The van der Waals surface area contributed by atoms with Gasteiger partial charge < -0.3 is 15.0 Å². The zero-order valence-corrected chi connectivity index (χ0v) is 18.8. The molecule has 0 aliphatic carbocycles. The van der Waals surface area contributed by atoms with E-state index in [0.29, 0.717) is 10.4 Å². The van der Waals surface area contributed by atoms with Crippen molar-refractivity contribution in [2.75, 3.05) is 25.5 Å². The van der Waals surface area contributed by atoms with Crippen LogP contribution in [0.3, 0.4) is 0 Å². The van der Waals surface area contributed by atoms with Gasteiger partial charge in [0.2, 0.25) is 0 Å². The van der Waals surface area contributed by atoms with Crippen molar-refractivity contribution >= 4 is 56.2 Å². The van der Waals surface area contributed by atoms with E-state index in [4.69, 9.17) is 16.3 Å². The fraction of sp³-hybridized carbons (Fsp3) is 0.190. The maximum absolute atomic E-state index is 13.3. The van der Waals surface area contributed by atoms with Gasteiger partial charge in [-0.05, 0) is 53.4 Å². The van der Waals surface area contributed by atoms with Crippen molar-refractivity contribution in [2.45, 2.75) is 6.54 Å². The molecule has 2 aromatic carbocycles. The van der Waals surface area contributed by atoms with Gasteiger partial charge in [-0.15, -0.1) is 0 Å². The molecule has 0 aliphatic heterocycles. The molecule has 0 aliphatic rings. The summed E-state index contributed by atoms with van der Waals surface area (Å²) < 4.78 is 19.3. The minimum absolute atomic E-state index is 0.0182. The van der Waals surface area contributed by atoms with Gasteiger partial charge in [-0.1, -0.05) is 27.5 Å². The summed E-state index contributed by atoms with van der Waals surface area (Å²) in [6, 6.07) is 10.9. The molecule has 1 aromatic heterocycles. The first-order valence-corrected chi connectivity index (χ1v) is 10.4. The van der Waals surface area contributed by atoms with Gasteiger partial charge in [0.1, 0.15) is 18.2 Å². The van der Waals surface area contributed by atoms with Gasteiger partial charge >= 0.3 is 12.1 Å². The average molecular weight is 510 g/mol. The number of amides is 3. The van der Waals surface area contributed by atoms with E-state index in [-0.39, 0.29) is 37.4 Å². The van der Waals surface area contributed by atoms with Crippen LogP contribution in [0.1, 0.15) is 5.56 Å². The molecule has 10 heteroatoms. The fourth-order valence-corrected chi connectivity index (χ4v) is 3.28. The number of pyridine rings is 1. The summed E-state index contributed by atoms with van der Waals surface area (Å²) in [5.41, 5.74) is 0.774. The number of aromatic nitrogens is 1. The summed E-state index contributed by atoms with van der Waals surface area (Å²) >= 11 is 9.47. The highest BCUT2D eigenvalue weighted by Crippen LogP contribution is 2.21.